The summed E-state index contributed by atoms with van der Waals surface area (Å²) in [6.45, 7) is 1.82. The molecule has 0 aliphatic heterocycles. The Labute approximate surface area is 74.1 Å². The van der Waals surface area contributed by atoms with Crippen LogP contribution in [0.5, 0.6) is 0 Å². The van der Waals surface area contributed by atoms with E-state index in [0.717, 1.165) is 4.31 Å². The molecule has 1 N–H and O–H groups in total. The van der Waals surface area contributed by atoms with Crippen molar-refractivity contribution in [3.63, 3.8) is 0 Å². The first-order valence-electron chi connectivity index (χ1n) is 3.60. The van der Waals surface area contributed by atoms with Gasteiger partial charge in [-0.25, -0.2) is 0 Å². The highest BCUT2D eigenvalue weighted by Crippen LogP contribution is 1.94. The van der Waals surface area contributed by atoms with Gasteiger partial charge in [-0.05, 0) is 6.42 Å². The van der Waals surface area contributed by atoms with Crippen molar-refractivity contribution in [3.8, 4) is 12.3 Å². The maximum Gasteiger partial charge on any atom is 0.280 e. The molecule has 12 heavy (non-hydrogen) atoms. The average Bonchev–Trinajstić information content (AvgIpc) is 2.00. The van der Waals surface area contributed by atoms with Gasteiger partial charge in [-0.15, -0.1) is 6.42 Å². The van der Waals surface area contributed by atoms with Crippen molar-refractivity contribution < 1.29 is 8.42 Å². The van der Waals surface area contributed by atoms with Crippen LogP contribution in [0.2, 0.25) is 0 Å². The summed E-state index contributed by atoms with van der Waals surface area (Å²) >= 11 is 0. The Morgan fingerprint density at radius 1 is 1.58 bits per heavy atom. The fourth-order valence-corrected chi connectivity index (χ4v) is 1.33. The third-order valence-corrected chi connectivity index (χ3v) is 2.93. The molecule has 0 radical (unpaired) electrons. The molecule has 0 aromatic heterocycles. The summed E-state index contributed by atoms with van der Waals surface area (Å²) in [5, 5.41) is 0. The van der Waals surface area contributed by atoms with E-state index in [4.69, 9.17) is 6.42 Å². The van der Waals surface area contributed by atoms with Gasteiger partial charge in [0.15, 0.2) is 0 Å². The first kappa shape index (κ1) is 11.4. The molecule has 0 saturated heterocycles. The third-order valence-electron chi connectivity index (χ3n) is 1.38. The number of nitrogens with zero attached hydrogens (tertiary/aromatic N) is 1. The van der Waals surface area contributed by atoms with Crippen molar-refractivity contribution in [2.75, 3.05) is 14.1 Å². The molecule has 1 atom stereocenters. The molecule has 0 rings (SSSR count). The second-order valence-electron chi connectivity index (χ2n) is 2.53. The lowest BCUT2D eigenvalue weighted by molar-refractivity contribution is 0.497. The zero-order valence-corrected chi connectivity index (χ0v) is 8.35. The van der Waals surface area contributed by atoms with Crippen molar-refractivity contribution in [1.82, 2.24) is 9.03 Å². The maximum atomic E-state index is 11.2. The van der Waals surface area contributed by atoms with Crippen LogP contribution in [0.1, 0.15) is 13.3 Å². The van der Waals surface area contributed by atoms with Crippen LogP contribution in [-0.2, 0) is 10.2 Å². The van der Waals surface area contributed by atoms with Crippen LogP contribution in [-0.4, -0.2) is 32.9 Å². The molecule has 0 aliphatic rings. The van der Waals surface area contributed by atoms with Crippen LogP contribution in [0.15, 0.2) is 0 Å². The number of hydrogen-bond acceptors (Lipinski definition) is 2. The van der Waals surface area contributed by atoms with E-state index in [9.17, 15) is 8.42 Å². The fourth-order valence-electron chi connectivity index (χ4n) is 0.520. The molecule has 0 amide bonds. The van der Waals surface area contributed by atoms with Crippen LogP contribution in [0.3, 0.4) is 0 Å². The smallest absolute Gasteiger partial charge is 0.195 e. The lowest BCUT2D eigenvalue weighted by atomic mass is 10.3. The molecule has 0 aliphatic carbocycles. The van der Waals surface area contributed by atoms with Gasteiger partial charge in [-0.1, -0.05) is 12.8 Å². The summed E-state index contributed by atoms with van der Waals surface area (Å²) < 4.78 is 25.8. The molecule has 5 heteroatoms. The second kappa shape index (κ2) is 4.45. The highest BCUT2D eigenvalue weighted by atomic mass is 32.2. The van der Waals surface area contributed by atoms with Crippen molar-refractivity contribution in [2.45, 2.75) is 19.4 Å². The molecule has 0 fully saturated rings. The molecule has 0 spiro atoms. The highest BCUT2D eigenvalue weighted by Gasteiger charge is 2.16. The van der Waals surface area contributed by atoms with Crippen LogP contribution >= 0.6 is 0 Å². The minimum Gasteiger partial charge on any atom is -0.195 e. The lowest BCUT2D eigenvalue weighted by Gasteiger charge is -2.15. The minimum absolute atomic E-state index is 0.419. The molecule has 0 heterocycles. The van der Waals surface area contributed by atoms with Gasteiger partial charge in [-0.2, -0.15) is 17.4 Å². The van der Waals surface area contributed by atoms with Gasteiger partial charge in [-0.3, -0.25) is 0 Å². The Hall–Kier alpha value is -0.570. The largest absolute Gasteiger partial charge is 0.280 e. The molecule has 70 valence electrons. The average molecular weight is 190 g/mol. The number of hydrogen-bond donors (Lipinski definition) is 1. The summed E-state index contributed by atoms with van der Waals surface area (Å²) in [6, 6.07) is -0.419. The molecular formula is C7H14N2O2S. The summed E-state index contributed by atoms with van der Waals surface area (Å²) in [5.74, 6) is 2.35. The first-order chi connectivity index (χ1) is 5.44. The quantitative estimate of drug-likeness (QED) is 0.624. The zero-order chi connectivity index (χ0) is 9.78. The predicted molar refractivity (Wildman–Crippen MR) is 48.7 cm³/mol. The van der Waals surface area contributed by atoms with Crippen molar-refractivity contribution in [1.29, 1.82) is 0 Å². The maximum absolute atomic E-state index is 11.2. The number of terminal acetylenes is 1. The predicted octanol–water partition coefficient (Wildman–Crippen LogP) is -0.206. The molecule has 4 nitrogen and oxygen atoms in total. The molecule has 0 saturated carbocycles. The van der Waals surface area contributed by atoms with Gasteiger partial charge in [0, 0.05) is 14.1 Å². The van der Waals surface area contributed by atoms with Crippen LogP contribution < -0.4 is 4.72 Å². The van der Waals surface area contributed by atoms with Gasteiger partial charge in [0.2, 0.25) is 0 Å². The third kappa shape index (κ3) is 3.22. The van der Waals surface area contributed by atoms with Crippen LogP contribution in [0.25, 0.3) is 0 Å². The van der Waals surface area contributed by atoms with E-state index in [-0.39, 0.29) is 0 Å². The van der Waals surface area contributed by atoms with Crippen molar-refractivity contribution >= 4 is 10.2 Å². The Morgan fingerprint density at radius 2 is 2.08 bits per heavy atom. The van der Waals surface area contributed by atoms with Gasteiger partial charge in [0.05, 0.1) is 6.04 Å². The summed E-state index contributed by atoms with van der Waals surface area (Å²) in [6.07, 6.45) is 5.68. The topological polar surface area (TPSA) is 49.4 Å². The summed E-state index contributed by atoms with van der Waals surface area (Å²) in [4.78, 5) is 0. The Morgan fingerprint density at radius 3 is 2.33 bits per heavy atom. The first-order valence-corrected chi connectivity index (χ1v) is 5.04. The Bertz CT molecular complexity index is 264. The van der Waals surface area contributed by atoms with Gasteiger partial charge in [0.25, 0.3) is 10.2 Å². The van der Waals surface area contributed by atoms with E-state index in [2.05, 4.69) is 10.6 Å². The highest BCUT2D eigenvalue weighted by molar-refractivity contribution is 7.87. The standard InChI is InChI=1S/C7H14N2O2S/c1-5-7(6-2)8-12(10,11)9(3)4/h1,7-8H,6H2,2-4H3. The number of nitrogens with one attached hydrogen (secondary N) is 1. The van der Waals surface area contributed by atoms with Gasteiger partial charge in [0.1, 0.15) is 0 Å². The molecular weight excluding hydrogens is 176 g/mol. The fraction of sp³-hybridized carbons (Fsp3) is 0.714. The van der Waals surface area contributed by atoms with E-state index in [0.29, 0.717) is 6.42 Å². The van der Waals surface area contributed by atoms with E-state index in [1.807, 2.05) is 6.92 Å². The normalized spacial score (nSPS) is 14.2. The minimum atomic E-state index is -3.38. The van der Waals surface area contributed by atoms with Crippen LogP contribution in [0, 0.1) is 12.3 Å². The van der Waals surface area contributed by atoms with Crippen molar-refractivity contribution in [3.05, 3.63) is 0 Å². The van der Waals surface area contributed by atoms with E-state index in [1.54, 1.807) is 0 Å². The second-order valence-corrected chi connectivity index (χ2v) is 4.45. The molecule has 1 unspecified atom stereocenters. The van der Waals surface area contributed by atoms with E-state index < -0.39 is 16.3 Å². The van der Waals surface area contributed by atoms with Crippen LogP contribution in [0.4, 0.5) is 0 Å². The Balaban J connectivity index is 4.37. The molecule has 0 aromatic rings. The SMILES string of the molecule is C#CC(CC)NS(=O)(=O)N(C)C. The monoisotopic (exact) mass is 190 g/mol. The van der Waals surface area contributed by atoms with Crippen molar-refractivity contribution in [2.24, 2.45) is 0 Å². The molecule has 0 aromatic carbocycles. The summed E-state index contributed by atoms with van der Waals surface area (Å²) in [5.41, 5.74) is 0. The lowest BCUT2D eigenvalue weighted by Crippen LogP contribution is -2.41. The summed E-state index contributed by atoms with van der Waals surface area (Å²) in [7, 11) is -0.481. The van der Waals surface area contributed by atoms with Gasteiger partial charge >= 0.3 is 0 Å². The van der Waals surface area contributed by atoms with E-state index in [1.165, 1.54) is 14.1 Å². The zero-order valence-electron chi connectivity index (χ0n) is 7.53. The number of rotatable bonds is 4. The van der Waals surface area contributed by atoms with E-state index >= 15 is 0 Å². The molecule has 0 bridgehead atoms. The van der Waals surface area contributed by atoms with Gasteiger partial charge < -0.3 is 0 Å². The Kier molecular flexibility index (Phi) is 4.24.